The van der Waals surface area contributed by atoms with Gasteiger partial charge in [0, 0.05) is 38.8 Å². The van der Waals surface area contributed by atoms with Crippen molar-refractivity contribution in [2.75, 3.05) is 32.7 Å². The van der Waals surface area contributed by atoms with Crippen LogP contribution in [0, 0.1) is 0 Å². The third-order valence-corrected chi connectivity index (χ3v) is 2.23. The van der Waals surface area contributed by atoms with Crippen molar-refractivity contribution in [3.8, 4) is 0 Å². The Morgan fingerprint density at radius 2 is 2.00 bits per heavy atom. The van der Waals surface area contributed by atoms with E-state index in [0.717, 1.165) is 32.7 Å². The normalized spacial score (nSPS) is 18.9. The first-order valence-electron chi connectivity index (χ1n) is 5.80. The van der Waals surface area contributed by atoms with Crippen molar-refractivity contribution in [2.24, 2.45) is 0 Å². The smallest absolute Gasteiger partial charge is 0.330 e. The maximum atomic E-state index is 11.4. The molecule has 0 aromatic heterocycles. The largest absolute Gasteiger partial charge is 0.457 e. The quantitative estimate of drug-likeness (QED) is 0.570. The van der Waals surface area contributed by atoms with Gasteiger partial charge in [0.15, 0.2) is 0 Å². The van der Waals surface area contributed by atoms with Gasteiger partial charge in [0.2, 0.25) is 0 Å². The van der Waals surface area contributed by atoms with Crippen LogP contribution in [-0.4, -0.2) is 49.2 Å². The molecule has 0 bridgehead atoms. The average molecular weight is 226 g/mol. The van der Waals surface area contributed by atoms with E-state index in [4.69, 9.17) is 4.74 Å². The fourth-order valence-corrected chi connectivity index (χ4v) is 1.53. The van der Waals surface area contributed by atoms with Gasteiger partial charge in [0.1, 0.15) is 5.60 Å². The van der Waals surface area contributed by atoms with Crippen LogP contribution >= 0.6 is 0 Å². The third kappa shape index (κ3) is 5.88. The van der Waals surface area contributed by atoms with Crippen LogP contribution in [0.1, 0.15) is 20.8 Å². The molecule has 4 nitrogen and oxygen atoms in total. The molecule has 0 amide bonds. The lowest BCUT2D eigenvalue weighted by Crippen LogP contribution is -2.43. The molecule has 4 heteroatoms. The SMILES string of the molecule is CC(C)(C)OC(=O)/C=C/CN1CCNCC1. The standard InChI is InChI=1S/C12H22N2O2/c1-12(2,3)16-11(15)5-4-8-14-9-6-13-7-10-14/h4-5,13H,6-10H2,1-3H3/b5-4+. The van der Waals surface area contributed by atoms with E-state index in [1.807, 2.05) is 26.8 Å². The minimum absolute atomic E-state index is 0.261. The first kappa shape index (κ1) is 13.2. The lowest BCUT2D eigenvalue weighted by molar-refractivity contribution is -0.148. The highest BCUT2D eigenvalue weighted by Gasteiger charge is 2.14. The van der Waals surface area contributed by atoms with E-state index in [9.17, 15) is 4.79 Å². The van der Waals surface area contributed by atoms with Gasteiger partial charge < -0.3 is 10.1 Å². The summed E-state index contributed by atoms with van der Waals surface area (Å²) >= 11 is 0. The van der Waals surface area contributed by atoms with E-state index in [0.29, 0.717) is 0 Å². The molecule has 0 aliphatic carbocycles. The number of nitrogens with zero attached hydrogens (tertiary/aromatic N) is 1. The molecule has 1 rings (SSSR count). The molecule has 1 N–H and O–H groups in total. The number of hydrogen-bond donors (Lipinski definition) is 1. The maximum Gasteiger partial charge on any atom is 0.330 e. The number of carbonyl (C=O) groups excluding carboxylic acids is 1. The second kappa shape index (κ2) is 6.01. The highest BCUT2D eigenvalue weighted by molar-refractivity contribution is 5.82. The number of esters is 1. The molecule has 16 heavy (non-hydrogen) atoms. The summed E-state index contributed by atoms with van der Waals surface area (Å²) in [5, 5.41) is 3.29. The lowest BCUT2D eigenvalue weighted by Gasteiger charge is -2.25. The van der Waals surface area contributed by atoms with Crippen LogP contribution in [0.25, 0.3) is 0 Å². The van der Waals surface area contributed by atoms with Crippen molar-refractivity contribution < 1.29 is 9.53 Å². The van der Waals surface area contributed by atoms with Crippen LogP contribution in [0.15, 0.2) is 12.2 Å². The van der Waals surface area contributed by atoms with Crippen molar-refractivity contribution >= 4 is 5.97 Å². The van der Waals surface area contributed by atoms with Crippen LogP contribution < -0.4 is 5.32 Å². The Morgan fingerprint density at radius 1 is 1.38 bits per heavy atom. The van der Waals surface area contributed by atoms with Gasteiger partial charge in [-0.2, -0.15) is 0 Å². The Kier molecular flexibility index (Phi) is 4.96. The molecule has 1 aliphatic rings. The maximum absolute atomic E-state index is 11.4. The van der Waals surface area contributed by atoms with Gasteiger partial charge in [0.25, 0.3) is 0 Å². The molecule has 0 aromatic carbocycles. The zero-order chi connectivity index (χ0) is 12.0. The van der Waals surface area contributed by atoms with E-state index >= 15 is 0 Å². The summed E-state index contributed by atoms with van der Waals surface area (Å²) in [6, 6.07) is 0. The van der Waals surface area contributed by atoms with Crippen LogP contribution in [0.3, 0.4) is 0 Å². The minimum atomic E-state index is -0.406. The molecule has 0 saturated carbocycles. The van der Waals surface area contributed by atoms with Gasteiger partial charge in [-0.15, -0.1) is 0 Å². The first-order chi connectivity index (χ1) is 7.47. The van der Waals surface area contributed by atoms with Crippen LogP contribution in [0.4, 0.5) is 0 Å². The molecule has 1 saturated heterocycles. The Hall–Kier alpha value is -0.870. The average Bonchev–Trinajstić information content (AvgIpc) is 2.16. The van der Waals surface area contributed by atoms with Gasteiger partial charge in [-0.25, -0.2) is 4.79 Å². The molecular weight excluding hydrogens is 204 g/mol. The van der Waals surface area contributed by atoms with Crippen LogP contribution in [-0.2, 0) is 9.53 Å². The minimum Gasteiger partial charge on any atom is -0.457 e. The number of ether oxygens (including phenoxy) is 1. The van der Waals surface area contributed by atoms with E-state index in [1.54, 1.807) is 0 Å². The number of carbonyl (C=O) groups is 1. The molecule has 0 unspecified atom stereocenters. The molecule has 1 fully saturated rings. The van der Waals surface area contributed by atoms with Gasteiger partial charge in [0.05, 0.1) is 0 Å². The second-order valence-electron chi connectivity index (χ2n) is 4.99. The van der Waals surface area contributed by atoms with E-state index in [2.05, 4.69) is 10.2 Å². The van der Waals surface area contributed by atoms with Gasteiger partial charge in [-0.3, -0.25) is 4.90 Å². The fraction of sp³-hybridized carbons (Fsp3) is 0.750. The first-order valence-corrected chi connectivity index (χ1v) is 5.80. The molecule has 0 radical (unpaired) electrons. The van der Waals surface area contributed by atoms with Crippen molar-refractivity contribution in [1.29, 1.82) is 0 Å². The summed E-state index contributed by atoms with van der Waals surface area (Å²) in [5.41, 5.74) is -0.406. The number of nitrogens with one attached hydrogen (secondary N) is 1. The number of hydrogen-bond acceptors (Lipinski definition) is 4. The van der Waals surface area contributed by atoms with Gasteiger partial charge in [-0.05, 0) is 20.8 Å². The Morgan fingerprint density at radius 3 is 2.56 bits per heavy atom. The van der Waals surface area contributed by atoms with Crippen LogP contribution in [0.2, 0.25) is 0 Å². The lowest BCUT2D eigenvalue weighted by atomic mass is 10.2. The summed E-state index contributed by atoms with van der Waals surface area (Å²) < 4.78 is 5.17. The molecular formula is C12H22N2O2. The number of rotatable bonds is 3. The summed E-state index contributed by atoms with van der Waals surface area (Å²) in [5.74, 6) is -0.261. The van der Waals surface area contributed by atoms with E-state index < -0.39 is 5.60 Å². The summed E-state index contributed by atoms with van der Waals surface area (Å²) in [4.78, 5) is 13.7. The Labute approximate surface area is 97.6 Å². The molecule has 1 heterocycles. The zero-order valence-corrected chi connectivity index (χ0v) is 10.5. The van der Waals surface area contributed by atoms with Crippen molar-refractivity contribution in [2.45, 2.75) is 26.4 Å². The highest BCUT2D eigenvalue weighted by atomic mass is 16.6. The summed E-state index contributed by atoms with van der Waals surface area (Å²) in [7, 11) is 0. The summed E-state index contributed by atoms with van der Waals surface area (Å²) in [6.07, 6.45) is 3.40. The molecule has 0 atom stereocenters. The third-order valence-electron chi connectivity index (χ3n) is 2.23. The zero-order valence-electron chi connectivity index (χ0n) is 10.5. The molecule has 1 aliphatic heterocycles. The second-order valence-corrected chi connectivity index (χ2v) is 4.99. The van der Waals surface area contributed by atoms with Gasteiger partial charge in [-0.1, -0.05) is 6.08 Å². The van der Waals surface area contributed by atoms with Crippen LogP contribution in [0.5, 0.6) is 0 Å². The monoisotopic (exact) mass is 226 g/mol. The molecule has 0 spiro atoms. The Bertz CT molecular complexity index is 250. The fourth-order valence-electron chi connectivity index (χ4n) is 1.53. The van der Waals surface area contributed by atoms with Gasteiger partial charge >= 0.3 is 5.97 Å². The topological polar surface area (TPSA) is 41.6 Å². The van der Waals surface area contributed by atoms with Crippen molar-refractivity contribution in [3.63, 3.8) is 0 Å². The van der Waals surface area contributed by atoms with E-state index in [-0.39, 0.29) is 5.97 Å². The predicted octanol–water partition coefficient (Wildman–Crippen LogP) is 0.790. The van der Waals surface area contributed by atoms with E-state index in [1.165, 1.54) is 6.08 Å². The predicted molar refractivity (Wildman–Crippen MR) is 64.3 cm³/mol. The van der Waals surface area contributed by atoms with Crippen molar-refractivity contribution in [3.05, 3.63) is 12.2 Å². The summed E-state index contributed by atoms with van der Waals surface area (Å²) in [6.45, 7) is 10.6. The van der Waals surface area contributed by atoms with Crippen molar-refractivity contribution in [1.82, 2.24) is 10.2 Å². The molecule has 92 valence electrons. The number of piperazine rings is 1. The highest BCUT2D eigenvalue weighted by Crippen LogP contribution is 2.07. The molecule has 0 aromatic rings. The Balaban J connectivity index is 2.22.